The van der Waals surface area contributed by atoms with E-state index in [-0.39, 0.29) is 50.2 Å². The van der Waals surface area contributed by atoms with Crippen LogP contribution >= 0.6 is 0 Å². The second-order valence-corrected chi connectivity index (χ2v) is 15.3. The largest absolute Gasteiger partial charge is 0.499 e. The molecule has 0 bridgehead atoms. The molecule has 0 saturated carbocycles. The van der Waals surface area contributed by atoms with Crippen LogP contribution in [0.1, 0.15) is 78.6 Å². The van der Waals surface area contributed by atoms with Crippen LogP contribution < -0.4 is 0 Å². The van der Waals surface area contributed by atoms with Crippen LogP contribution in [0.3, 0.4) is 0 Å². The second-order valence-electron chi connectivity index (χ2n) is 15.3. The van der Waals surface area contributed by atoms with Crippen molar-refractivity contribution in [1.29, 1.82) is 0 Å². The van der Waals surface area contributed by atoms with Gasteiger partial charge < -0.3 is 33.9 Å². The Labute approximate surface area is 288 Å². The highest BCUT2D eigenvalue weighted by atomic mass is 16.6. The van der Waals surface area contributed by atoms with Gasteiger partial charge in [-0.15, -0.1) is 0 Å². The van der Waals surface area contributed by atoms with Gasteiger partial charge in [0, 0.05) is 13.1 Å². The summed E-state index contributed by atoms with van der Waals surface area (Å²) in [6.07, 6.45) is 0.136. The number of hydrogen-bond donors (Lipinski definition) is 1. The molecule has 2 aromatic carbocycles. The molecule has 4 heterocycles. The number of carbonyl (C=O) groups excluding carboxylic acids is 4. The van der Waals surface area contributed by atoms with Crippen molar-refractivity contribution in [1.82, 2.24) is 9.80 Å². The Hall–Kier alpha value is -4.22. The summed E-state index contributed by atoms with van der Waals surface area (Å²) < 4.78 is 21.7. The van der Waals surface area contributed by atoms with Crippen LogP contribution in [0.4, 0.5) is 0 Å². The Balaban J connectivity index is 0.000000191. The number of ether oxygens (including phenoxy) is 4. The number of carbonyl (C=O) groups is 4. The zero-order valence-corrected chi connectivity index (χ0v) is 29.6. The first-order valence-electron chi connectivity index (χ1n) is 16.7. The van der Waals surface area contributed by atoms with Crippen molar-refractivity contribution in [2.45, 2.75) is 85.0 Å². The van der Waals surface area contributed by atoms with Gasteiger partial charge in [-0.05, 0) is 66.5 Å². The number of amides is 2. The molecule has 0 aromatic heterocycles. The fraction of sp³-hybridized carbons (Fsp3) is 0.526. The number of aliphatic hydroxyl groups is 1. The SMILES string of the molecule is C[C@H](c1ccccc1)N1C[C@]2(C(=O)OC(C)(C)C)COC(O)C2C1=O.C[C@H](c1ccccc1)N1C[C@]2(C(=O)OC(C)(C)C)COC=C2C1=O. The Morgan fingerprint density at radius 1 is 0.796 bits per heavy atom. The van der Waals surface area contributed by atoms with Crippen LogP contribution in [-0.4, -0.2) is 82.5 Å². The van der Waals surface area contributed by atoms with Gasteiger partial charge in [0.1, 0.15) is 29.1 Å². The van der Waals surface area contributed by atoms with Gasteiger partial charge in [0.15, 0.2) is 11.7 Å². The van der Waals surface area contributed by atoms with E-state index in [4.69, 9.17) is 18.9 Å². The minimum atomic E-state index is -1.28. The standard InChI is InChI=1S/C19H25NO5.C19H23NO4/c1-12(13-8-6-5-7-9-13)20-10-19(17(23)25-18(2,3)4)11-24-16(22)14(19)15(20)21;1-13(14-8-6-5-7-9-14)20-11-19(17(22)24-18(2,3)4)12-23-10-15(19)16(20)21/h5-9,12,14,16,22H,10-11H2,1-4H3;5-10,13H,11-12H2,1-4H3/t12-,14?,16?,19+;13-,19+/m11/s1. The lowest BCUT2D eigenvalue weighted by atomic mass is 9.80. The van der Waals surface area contributed by atoms with E-state index in [1.807, 2.05) is 95.3 Å². The lowest BCUT2D eigenvalue weighted by Gasteiger charge is -2.30. The molecule has 264 valence electrons. The maximum Gasteiger partial charge on any atom is 0.322 e. The summed E-state index contributed by atoms with van der Waals surface area (Å²) in [6, 6.07) is 19.1. The van der Waals surface area contributed by atoms with Crippen LogP contribution in [0.15, 0.2) is 72.5 Å². The van der Waals surface area contributed by atoms with Crippen molar-refractivity contribution < 1.29 is 43.2 Å². The molecule has 11 heteroatoms. The molecule has 3 saturated heterocycles. The van der Waals surface area contributed by atoms with Gasteiger partial charge in [-0.3, -0.25) is 19.2 Å². The molecule has 6 atom stereocenters. The zero-order chi connectivity index (χ0) is 35.9. The summed E-state index contributed by atoms with van der Waals surface area (Å²) in [4.78, 5) is 54.9. The normalized spacial score (nSPS) is 27.3. The molecule has 6 rings (SSSR count). The second kappa shape index (κ2) is 13.2. The molecule has 0 aliphatic carbocycles. The Morgan fingerprint density at radius 3 is 1.84 bits per heavy atom. The number of nitrogens with zero attached hydrogens (tertiary/aromatic N) is 2. The molecular weight excluding hydrogens is 628 g/mol. The number of aliphatic hydroxyl groups excluding tert-OH is 1. The van der Waals surface area contributed by atoms with E-state index in [0.717, 1.165) is 11.1 Å². The fourth-order valence-corrected chi connectivity index (χ4v) is 6.82. The predicted octanol–water partition coefficient (Wildman–Crippen LogP) is 4.71. The first-order chi connectivity index (χ1) is 22.9. The summed E-state index contributed by atoms with van der Waals surface area (Å²) in [5.74, 6) is -2.23. The monoisotopic (exact) mass is 676 g/mol. The van der Waals surface area contributed by atoms with E-state index in [1.54, 1.807) is 30.6 Å². The summed E-state index contributed by atoms with van der Waals surface area (Å²) in [6.45, 7) is 15.3. The van der Waals surface area contributed by atoms with Gasteiger partial charge in [-0.2, -0.15) is 0 Å². The quantitative estimate of drug-likeness (QED) is 0.432. The number of likely N-dealkylation sites (tertiary alicyclic amines) is 2. The lowest BCUT2D eigenvalue weighted by Crippen LogP contribution is -2.44. The topological polar surface area (TPSA) is 132 Å². The molecule has 3 fully saturated rings. The van der Waals surface area contributed by atoms with Crippen molar-refractivity contribution in [3.8, 4) is 0 Å². The van der Waals surface area contributed by atoms with E-state index in [9.17, 15) is 24.3 Å². The molecule has 11 nitrogen and oxygen atoms in total. The maximum absolute atomic E-state index is 13.0. The van der Waals surface area contributed by atoms with Crippen LogP contribution in [0.25, 0.3) is 0 Å². The molecule has 1 N–H and O–H groups in total. The van der Waals surface area contributed by atoms with Crippen LogP contribution in [0.2, 0.25) is 0 Å². The van der Waals surface area contributed by atoms with E-state index in [0.29, 0.717) is 5.57 Å². The highest BCUT2D eigenvalue weighted by Crippen LogP contribution is 2.49. The number of rotatable bonds is 6. The molecule has 4 aliphatic heterocycles. The van der Waals surface area contributed by atoms with Crippen molar-refractivity contribution in [3.63, 3.8) is 0 Å². The molecule has 2 unspecified atom stereocenters. The van der Waals surface area contributed by atoms with Crippen molar-refractivity contribution in [2.75, 3.05) is 26.3 Å². The van der Waals surface area contributed by atoms with Crippen LogP contribution in [0.5, 0.6) is 0 Å². The minimum absolute atomic E-state index is 0.0164. The van der Waals surface area contributed by atoms with E-state index < -0.39 is 46.2 Å². The Bertz CT molecular complexity index is 1600. The molecule has 0 radical (unpaired) electrons. The molecule has 2 aromatic rings. The molecular formula is C38H48N2O9. The van der Waals surface area contributed by atoms with Crippen molar-refractivity contribution in [3.05, 3.63) is 83.6 Å². The molecule has 4 aliphatic rings. The van der Waals surface area contributed by atoms with Crippen LogP contribution in [0, 0.1) is 16.7 Å². The van der Waals surface area contributed by atoms with E-state index in [1.165, 1.54) is 6.26 Å². The Morgan fingerprint density at radius 2 is 1.31 bits per heavy atom. The maximum atomic E-state index is 13.0. The summed E-state index contributed by atoms with van der Waals surface area (Å²) >= 11 is 0. The van der Waals surface area contributed by atoms with E-state index in [2.05, 4.69) is 0 Å². The number of fused-ring (bicyclic) bond motifs is 2. The Kier molecular flexibility index (Phi) is 9.75. The third kappa shape index (κ3) is 6.96. The molecule has 0 spiro atoms. The molecule has 49 heavy (non-hydrogen) atoms. The lowest BCUT2D eigenvalue weighted by molar-refractivity contribution is -0.169. The van der Waals surface area contributed by atoms with Crippen LogP contribution in [-0.2, 0) is 38.1 Å². The van der Waals surface area contributed by atoms with Gasteiger partial charge in [-0.25, -0.2) is 0 Å². The van der Waals surface area contributed by atoms with Gasteiger partial charge in [0.25, 0.3) is 5.91 Å². The minimum Gasteiger partial charge on any atom is -0.499 e. The average molecular weight is 677 g/mol. The van der Waals surface area contributed by atoms with Crippen molar-refractivity contribution >= 4 is 23.8 Å². The third-order valence-corrected chi connectivity index (χ3v) is 9.47. The predicted molar refractivity (Wildman–Crippen MR) is 179 cm³/mol. The first-order valence-corrected chi connectivity index (χ1v) is 16.7. The van der Waals surface area contributed by atoms with Crippen molar-refractivity contribution in [2.24, 2.45) is 16.7 Å². The third-order valence-electron chi connectivity index (χ3n) is 9.47. The number of benzene rings is 2. The van der Waals surface area contributed by atoms with Gasteiger partial charge in [0.2, 0.25) is 5.91 Å². The first kappa shape index (κ1) is 36.1. The molecule has 2 amide bonds. The number of esters is 2. The van der Waals surface area contributed by atoms with Gasteiger partial charge >= 0.3 is 11.9 Å². The smallest absolute Gasteiger partial charge is 0.322 e. The summed E-state index contributed by atoms with van der Waals surface area (Å²) in [5.41, 5.74) is -1.05. The summed E-state index contributed by atoms with van der Waals surface area (Å²) in [7, 11) is 0. The van der Waals surface area contributed by atoms with Gasteiger partial charge in [0.05, 0.1) is 30.5 Å². The average Bonchev–Trinajstić information content (AvgIpc) is 3.77. The highest BCUT2D eigenvalue weighted by molar-refractivity contribution is 6.05. The van der Waals surface area contributed by atoms with Gasteiger partial charge in [-0.1, -0.05) is 60.7 Å². The highest BCUT2D eigenvalue weighted by Gasteiger charge is 2.66. The zero-order valence-electron chi connectivity index (χ0n) is 29.6. The number of hydrogen-bond acceptors (Lipinski definition) is 9. The van der Waals surface area contributed by atoms with E-state index >= 15 is 0 Å². The summed E-state index contributed by atoms with van der Waals surface area (Å²) in [5, 5.41) is 10.2. The fourth-order valence-electron chi connectivity index (χ4n) is 6.82.